The first-order valence-corrected chi connectivity index (χ1v) is 4.22. The van der Waals surface area contributed by atoms with Gasteiger partial charge < -0.3 is 9.84 Å². The van der Waals surface area contributed by atoms with E-state index in [-0.39, 0.29) is 17.9 Å². The van der Waals surface area contributed by atoms with Gasteiger partial charge in [-0.2, -0.15) is 0 Å². The van der Waals surface area contributed by atoms with E-state index in [0.29, 0.717) is 0 Å². The SMILES string of the molecule is COc1cccc(F)c1[C@H](O)CN=[N+]=[N-]. The molecule has 0 aliphatic heterocycles. The van der Waals surface area contributed by atoms with Crippen LogP contribution in [0.2, 0.25) is 0 Å². The molecular formula is C9H10FN3O2. The summed E-state index contributed by atoms with van der Waals surface area (Å²) < 4.78 is 18.2. The maximum Gasteiger partial charge on any atom is 0.132 e. The fourth-order valence-corrected chi connectivity index (χ4v) is 1.22. The third-order valence-electron chi connectivity index (χ3n) is 1.88. The highest BCUT2D eigenvalue weighted by atomic mass is 19.1. The molecule has 1 rings (SSSR count). The molecule has 1 aromatic rings. The van der Waals surface area contributed by atoms with Crippen LogP contribution in [0, 0.1) is 5.82 Å². The molecule has 0 spiro atoms. The minimum atomic E-state index is -1.20. The predicted molar refractivity (Wildman–Crippen MR) is 51.9 cm³/mol. The number of hydrogen-bond acceptors (Lipinski definition) is 3. The Hall–Kier alpha value is -1.78. The van der Waals surface area contributed by atoms with Crippen LogP contribution in [0.4, 0.5) is 4.39 Å². The molecule has 0 saturated carbocycles. The highest BCUT2D eigenvalue weighted by Crippen LogP contribution is 2.27. The first-order valence-electron chi connectivity index (χ1n) is 4.22. The second kappa shape index (κ2) is 5.19. The molecule has 1 atom stereocenters. The number of aliphatic hydroxyl groups excluding tert-OH is 1. The molecule has 5 nitrogen and oxygen atoms in total. The monoisotopic (exact) mass is 211 g/mol. The topological polar surface area (TPSA) is 78.2 Å². The van der Waals surface area contributed by atoms with Crippen LogP contribution in [-0.4, -0.2) is 18.8 Å². The van der Waals surface area contributed by atoms with Crippen molar-refractivity contribution in [2.75, 3.05) is 13.7 Å². The summed E-state index contributed by atoms with van der Waals surface area (Å²) in [6, 6.07) is 4.20. The first-order chi connectivity index (χ1) is 7.20. The summed E-state index contributed by atoms with van der Waals surface area (Å²) in [5, 5.41) is 12.7. The molecule has 80 valence electrons. The van der Waals surface area contributed by atoms with Gasteiger partial charge in [0.25, 0.3) is 0 Å². The van der Waals surface area contributed by atoms with E-state index in [9.17, 15) is 9.50 Å². The van der Waals surface area contributed by atoms with Crippen LogP contribution >= 0.6 is 0 Å². The van der Waals surface area contributed by atoms with E-state index in [1.807, 2.05) is 0 Å². The van der Waals surface area contributed by atoms with Gasteiger partial charge in [0.1, 0.15) is 11.6 Å². The average molecular weight is 211 g/mol. The summed E-state index contributed by atoms with van der Waals surface area (Å²) in [6.07, 6.45) is -1.20. The van der Waals surface area contributed by atoms with Gasteiger partial charge in [-0.25, -0.2) is 4.39 Å². The van der Waals surface area contributed by atoms with Crippen LogP contribution in [0.3, 0.4) is 0 Å². The van der Waals surface area contributed by atoms with Crippen molar-refractivity contribution in [3.63, 3.8) is 0 Å². The Morgan fingerprint density at radius 2 is 2.40 bits per heavy atom. The minimum Gasteiger partial charge on any atom is -0.496 e. The van der Waals surface area contributed by atoms with E-state index < -0.39 is 11.9 Å². The van der Waals surface area contributed by atoms with Gasteiger partial charge >= 0.3 is 0 Å². The van der Waals surface area contributed by atoms with Crippen LogP contribution in [0.25, 0.3) is 10.4 Å². The lowest BCUT2D eigenvalue weighted by molar-refractivity contribution is 0.177. The Morgan fingerprint density at radius 1 is 1.67 bits per heavy atom. The Morgan fingerprint density at radius 3 is 3.00 bits per heavy atom. The predicted octanol–water partition coefficient (Wildman–Crippen LogP) is 2.18. The van der Waals surface area contributed by atoms with Crippen LogP contribution in [0.1, 0.15) is 11.7 Å². The maximum atomic E-state index is 13.3. The molecule has 15 heavy (non-hydrogen) atoms. The zero-order valence-corrected chi connectivity index (χ0v) is 8.09. The molecule has 0 radical (unpaired) electrons. The summed E-state index contributed by atoms with van der Waals surface area (Å²) in [4.78, 5) is 2.49. The van der Waals surface area contributed by atoms with E-state index in [1.54, 1.807) is 0 Å². The molecule has 0 aliphatic carbocycles. The highest BCUT2D eigenvalue weighted by molar-refractivity contribution is 5.36. The van der Waals surface area contributed by atoms with Gasteiger partial charge in [-0.3, -0.25) is 0 Å². The first kappa shape index (κ1) is 11.3. The third-order valence-corrected chi connectivity index (χ3v) is 1.88. The normalized spacial score (nSPS) is 11.7. The highest BCUT2D eigenvalue weighted by Gasteiger charge is 2.17. The summed E-state index contributed by atoms with van der Waals surface area (Å²) >= 11 is 0. The number of methoxy groups -OCH3 is 1. The Kier molecular flexibility index (Phi) is 3.91. The fourth-order valence-electron chi connectivity index (χ4n) is 1.22. The number of hydrogen-bond donors (Lipinski definition) is 1. The molecule has 1 aromatic carbocycles. The van der Waals surface area contributed by atoms with Crippen molar-refractivity contribution in [1.29, 1.82) is 0 Å². The van der Waals surface area contributed by atoms with E-state index in [2.05, 4.69) is 10.0 Å². The minimum absolute atomic E-state index is 0.00685. The Balaban J connectivity index is 3.04. The third kappa shape index (κ3) is 2.59. The van der Waals surface area contributed by atoms with Gasteiger partial charge in [-0.15, -0.1) is 0 Å². The van der Waals surface area contributed by atoms with E-state index in [0.717, 1.165) is 0 Å². The van der Waals surface area contributed by atoms with Gasteiger partial charge in [0.2, 0.25) is 0 Å². The lowest BCUT2D eigenvalue weighted by Gasteiger charge is -2.13. The Bertz CT molecular complexity index is 391. The van der Waals surface area contributed by atoms with Gasteiger partial charge in [0.15, 0.2) is 0 Å². The molecule has 0 aromatic heterocycles. The second-order valence-electron chi connectivity index (χ2n) is 2.79. The quantitative estimate of drug-likeness (QED) is 0.470. The van der Waals surface area contributed by atoms with Crippen molar-refractivity contribution >= 4 is 0 Å². The lowest BCUT2D eigenvalue weighted by Crippen LogP contribution is -2.06. The summed E-state index contributed by atoms with van der Waals surface area (Å²) in [5.41, 5.74) is 8.09. The van der Waals surface area contributed by atoms with E-state index in [4.69, 9.17) is 10.3 Å². The van der Waals surface area contributed by atoms with Gasteiger partial charge in [-0.1, -0.05) is 11.2 Å². The molecule has 0 amide bonds. The number of nitrogens with zero attached hydrogens (tertiary/aromatic N) is 3. The largest absolute Gasteiger partial charge is 0.496 e. The van der Waals surface area contributed by atoms with Crippen molar-refractivity contribution in [2.45, 2.75) is 6.10 Å². The molecule has 0 fully saturated rings. The molecule has 0 unspecified atom stereocenters. The molecule has 0 heterocycles. The van der Waals surface area contributed by atoms with Crippen LogP contribution < -0.4 is 4.74 Å². The van der Waals surface area contributed by atoms with Crippen molar-refractivity contribution < 1.29 is 14.2 Å². The van der Waals surface area contributed by atoms with Crippen molar-refractivity contribution in [2.24, 2.45) is 5.11 Å². The average Bonchev–Trinajstić information content (AvgIpc) is 2.25. The Labute approximate surface area is 85.7 Å². The summed E-state index contributed by atoms with van der Waals surface area (Å²) in [7, 11) is 1.37. The van der Waals surface area contributed by atoms with E-state index >= 15 is 0 Å². The molecule has 1 N–H and O–H groups in total. The van der Waals surface area contributed by atoms with Crippen molar-refractivity contribution in [3.8, 4) is 5.75 Å². The molecule has 6 heteroatoms. The van der Waals surface area contributed by atoms with Gasteiger partial charge in [0, 0.05) is 4.91 Å². The maximum absolute atomic E-state index is 13.3. The van der Waals surface area contributed by atoms with Crippen LogP contribution in [0.15, 0.2) is 23.3 Å². The van der Waals surface area contributed by atoms with Gasteiger partial charge in [-0.05, 0) is 17.7 Å². The van der Waals surface area contributed by atoms with Crippen LogP contribution in [0.5, 0.6) is 5.75 Å². The smallest absolute Gasteiger partial charge is 0.132 e. The molecule has 0 bridgehead atoms. The summed E-state index contributed by atoms with van der Waals surface area (Å²) in [5.74, 6) is -0.356. The zero-order valence-electron chi connectivity index (χ0n) is 8.09. The number of azide groups is 1. The van der Waals surface area contributed by atoms with Crippen molar-refractivity contribution in [1.82, 2.24) is 0 Å². The molecule has 0 aliphatic rings. The molecular weight excluding hydrogens is 201 g/mol. The zero-order chi connectivity index (χ0) is 11.3. The second-order valence-corrected chi connectivity index (χ2v) is 2.79. The fraction of sp³-hybridized carbons (Fsp3) is 0.333. The molecule has 0 saturated heterocycles. The standard InChI is InChI=1S/C9H10FN3O2/c1-15-8-4-2-3-6(10)9(8)7(14)5-12-13-11/h2-4,7,14H,5H2,1H3/t7-/m1/s1. The lowest BCUT2D eigenvalue weighted by atomic mass is 10.1. The van der Waals surface area contributed by atoms with Crippen LogP contribution in [-0.2, 0) is 0 Å². The number of ether oxygens (including phenoxy) is 1. The number of benzene rings is 1. The number of halogens is 1. The number of rotatable bonds is 4. The van der Waals surface area contributed by atoms with Crippen molar-refractivity contribution in [3.05, 3.63) is 40.0 Å². The number of aliphatic hydroxyl groups is 1. The van der Waals surface area contributed by atoms with Gasteiger partial charge in [0.05, 0.1) is 25.3 Å². The summed E-state index contributed by atoms with van der Waals surface area (Å²) in [6.45, 7) is -0.228. The van der Waals surface area contributed by atoms with E-state index in [1.165, 1.54) is 25.3 Å².